The first-order chi connectivity index (χ1) is 8.69. The monoisotopic (exact) mass is 251 g/mol. The number of nitrogens with one attached hydrogen (secondary N) is 1. The normalized spacial score (nSPS) is 18.2. The van der Waals surface area contributed by atoms with Gasteiger partial charge in [-0.05, 0) is 25.7 Å². The number of hydrogen-bond donors (Lipinski definition) is 1. The van der Waals surface area contributed by atoms with Crippen molar-refractivity contribution in [2.24, 2.45) is 0 Å². The summed E-state index contributed by atoms with van der Waals surface area (Å²) in [5.41, 5.74) is 1.95. The molecule has 0 unspecified atom stereocenters. The first-order valence-electron chi connectivity index (χ1n) is 6.52. The van der Waals surface area contributed by atoms with Crippen molar-refractivity contribution in [1.29, 1.82) is 0 Å². The van der Waals surface area contributed by atoms with Gasteiger partial charge in [0.1, 0.15) is 5.82 Å². The second kappa shape index (κ2) is 6.27. The van der Waals surface area contributed by atoms with Gasteiger partial charge in [-0.2, -0.15) is 0 Å². The third-order valence-electron chi connectivity index (χ3n) is 3.48. The molecule has 1 N–H and O–H groups in total. The van der Waals surface area contributed by atoms with E-state index >= 15 is 0 Å². The van der Waals surface area contributed by atoms with Crippen LogP contribution in [0.25, 0.3) is 0 Å². The van der Waals surface area contributed by atoms with Crippen LogP contribution in [0.3, 0.4) is 0 Å². The summed E-state index contributed by atoms with van der Waals surface area (Å²) < 4.78 is 13.8. The predicted molar refractivity (Wildman–Crippen MR) is 71.9 cm³/mol. The van der Waals surface area contributed by atoms with Crippen LogP contribution in [0.4, 0.5) is 4.39 Å². The molecule has 18 heavy (non-hydrogen) atoms. The van der Waals surface area contributed by atoms with Crippen LogP contribution >= 0.6 is 0 Å². The van der Waals surface area contributed by atoms with Crippen molar-refractivity contribution in [3.63, 3.8) is 0 Å². The molecule has 0 saturated carbocycles. The molecular weight excluding hydrogens is 229 g/mol. The predicted octanol–water partition coefficient (Wildman–Crippen LogP) is 1.29. The summed E-state index contributed by atoms with van der Waals surface area (Å²) in [6, 6.07) is 5.40. The SMILES string of the molecule is CNCc1ccc(F)c(CN2CCN(C)CC2)c1. The topological polar surface area (TPSA) is 18.5 Å². The van der Waals surface area contributed by atoms with Crippen LogP contribution in [-0.2, 0) is 13.1 Å². The molecule has 1 aliphatic rings. The number of nitrogens with zero attached hydrogens (tertiary/aromatic N) is 2. The molecule has 1 heterocycles. The Kier molecular flexibility index (Phi) is 4.69. The maximum Gasteiger partial charge on any atom is 0.127 e. The molecule has 1 aromatic carbocycles. The molecular formula is C14H22FN3. The highest BCUT2D eigenvalue weighted by atomic mass is 19.1. The van der Waals surface area contributed by atoms with Gasteiger partial charge >= 0.3 is 0 Å². The van der Waals surface area contributed by atoms with E-state index in [2.05, 4.69) is 22.2 Å². The van der Waals surface area contributed by atoms with E-state index in [1.54, 1.807) is 6.07 Å². The van der Waals surface area contributed by atoms with Crippen LogP contribution in [0.5, 0.6) is 0 Å². The Labute approximate surface area is 109 Å². The fourth-order valence-corrected chi connectivity index (χ4v) is 2.31. The van der Waals surface area contributed by atoms with Crippen molar-refractivity contribution in [3.05, 3.63) is 35.1 Å². The molecule has 0 atom stereocenters. The maximum absolute atomic E-state index is 13.8. The molecule has 0 radical (unpaired) electrons. The number of benzene rings is 1. The van der Waals surface area contributed by atoms with Crippen molar-refractivity contribution in [1.82, 2.24) is 15.1 Å². The zero-order chi connectivity index (χ0) is 13.0. The van der Waals surface area contributed by atoms with E-state index in [4.69, 9.17) is 0 Å². The van der Waals surface area contributed by atoms with E-state index in [9.17, 15) is 4.39 Å². The fourth-order valence-electron chi connectivity index (χ4n) is 2.31. The van der Waals surface area contributed by atoms with Gasteiger partial charge in [-0.1, -0.05) is 12.1 Å². The molecule has 1 saturated heterocycles. The Morgan fingerprint density at radius 2 is 1.94 bits per heavy atom. The smallest absolute Gasteiger partial charge is 0.127 e. The summed E-state index contributed by atoms with van der Waals surface area (Å²) in [6.45, 7) is 5.68. The summed E-state index contributed by atoms with van der Waals surface area (Å²) in [7, 11) is 4.04. The molecule has 1 aliphatic heterocycles. The van der Waals surface area contributed by atoms with Crippen molar-refractivity contribution in [2.45, 2.75) is 13.1 Å². The van der Waals surface area contributed by atoms with Gasteiger partial charge in [0, 0.05) is 44.8 Å². The van der Waals surface area contributed by atoms with Crippen LogP contribution < -0.4 is 5.32 Å². The van der Waals surface area contributed by atoms with Crippen molar-refractivity contribution < 1.29 is 4.39 Å². The van der Waals surface area contributed by atoms with Gasteiger partial charge in [-0.3, -0.25) is 4.90 Å². The van der Waals surface area contributed by atoms with Crippen molar-refractivity contribution in [3.8, 4) is 0 Å². The molecule has 0 spiro atoms. The molecule has 1 fully saturated rings. The third kappa shape index (κ3) is 3.51. The third-order valence-corrected chi connectivity index (χ3v) is 3.48. The minimum atomic E-state index is -0.0891. The number of hydrogen-bond acceptors (Lipinski definition) is 3. The lowest BCUT2D eigenvalue weighted by Crippen LogP contribution is -2.44. The standard InChI is InChI=1S/C14H22FN3/c1-16-10-12-3-4-14(15)13(9-12)11-18-7-5-17(2)6-8-18/h3-4,9,16H,5-8,10-11H2,1-2H3. The maximum atomic E-state index is 13.8. The highest BCUT2D eigenvalue weighted by Crippen LogP contribution is 2.14. The summed E-state index contributed by atoms with van der Waals surface area (Å²) in [5.74, 6) is -0.0891. The molecule has 0 aromatic heterocycles. The van der Waals surface area contributed by atoms with E-state index in [0.717, 1.165) is 50.4 Å². The lowest BCUT2D eigenvalue weighted by atomic mass is 10.1. The zero-order valence-corrected chi connectivity index (χ0v) is 11.2. The van der Waals surface area contributed by atoms with E-state index in [1.165, 1.54) is 0 Å². The number of likely N-dealkylation sites (N-methyl/N-ethyl adjacent to an activating group) is 1. The lowest BCUT2D eigenvalue weighted by Gasteiger charge is -2.32. The molecule has 0 amide bonds. The van der Waals surface area contributed by atoms with Crippen molar-refractivity contribution >= 4 is 0 Å². The fraction of sp³-hybridized carbons (Fsp3) is 0.571. The zero-order valence-electron chi connectivity index (χ0n) is 11.2. The van der Waals surface area contributed by atoms with Gasteiger partial charge in [0.15, 0.2) is 0 Å². The molecule has 3 nitrogen and oxygen atoms in total. The van der Waals surface area contributed by atoms with Crippen LogP contribution in [0.15, 0.2) is 18.2 Å². The van der Waals surface area contributed by atoms with E-state index < -0.39 is 0 Å². The van der Waals surface area contributed by atoms with Crippen LogP contribution in [0.2, 0.25) is 0 Å². The van der Waals surface area contributed by atoms with Gasteiger partial charge < -0.3 is 10.2 Å². The number of piperazine rings is 1. The first kappa shape index (κ1) is 13.5. The van der Waals surface area contributed by atoms with Crippen LogP contribution in [0.1, 0.15) is 11.1 Å². The largest absolute Gasteiger partial charge is 0.316 e. The second-order valence-electron chi connectivity index (χ2n) is 5.04. The molecule has 100 valence electrons. The summed E-state index contributed by atoms with van der Waals surface area (Å²) in [4.78, 5) is 4.63. The van der Waals surface area contributed by atoms with Gasteiger partial charge in [-0.25, -0.2) is 4.39 Å². The molecule has 2 rings (SSSR count). The molecule has 4 heteroatoms. The van der Waals surface area contributed by atoms with Gasteiger partial charge in [-0.15, -0.1) is 0 Å². The molecule has 1 aromatic rings. The summed E-state index contributed by atoms with van der Waals surface area (Å²) >= 11 is 0. The van der Waals surface area contributed by atoms with E-state index in [0.29, 0.717) is 0 Å². The average Bonchev–Trinajstić information content (AvgIpc) is 2.36. The average molecular weight is 251 g/mol. The second-order valence-corrected chi connectivity index (χ2v) is 5.04. The van der Waals surface area contributed by atoms with E-state index in [-0.39, 0.29) is 5.82 Å². The van der Waals surface area contributed by atoms with Crippen molar-refractivity contribution in [2.75, 3.05) is 40.3 Å². The Bertz CT molecular complexity index is 387. The summed E-state index contributed by atoms with van der Waals surface area (Å²) in [5, 5.41) is 3.10. The lowest BCUT2D eigenvalue weighted by molar-refractivity contribution is 0.147. The Balaban J connectivity index is 2.01. The highest BCUT2D eigenvalue weighted by Gasteiger charge is 2.15. The minimum Gasteiger partial charge on any atom is -0.316 e. The molecule has 0 bridgehead atoms. The van der Waals surface area contributed by atoms with E-state index in [1.807, 2.05) is 19.2 Å². The van der Waals surface area contributed by atoms with Gasteiger partial charge in [0.25, 0.3) is 0 Å². The Hall–Kier alpha value is -0.970. The number of halogens is 1. The molecule has 0 aliphatic carbocycles. The Morgan fingerprint density at radius 1 is 1.22 bits per heavy atom. The highest BCUT2D eigenvalue weighted by molar-refractivity contribution is 5.25. The quantitative estimate of drug-likeness (QED) is 0.870. The summed E-state index contributed by atoms with van der Waals surface area (Å²) in [6.07, 6.45) is 0. The van der Waals surface area contributed by atoms with Gasteiger partial charge in [0.2, 0.25) is 0 Å². The first-order valence-corrected chi connectivity index (χ1v) is 6.52. The minimum absolute atomic E-state index is 0.0891. The van der Waals surface area contributed by atoms with Gasteiger partial charge in [0.05, 0.1) is 0 Å². The number of rotatable bonds is 4. The van der Waals surface area contributed by atoms with Crippen LogP contribution in [0, 0.1) is 5.82 Å². The van der Waals surface area contributed by atoms with Crippen LogP contribution in [-0.4, -0.2) is 50.1 Å². The Morgan fingerprint density at radius 3 is 2.61 bits per heavy atom.